The molecule has 2 atom stereocenters. The molecule has 2 nitrogen and oxygen atoms in total. The molecule has 11 heteroatoms. The predicted octanol–water partition coefficient (Wildman–Crippen LogP) is 6.27. The maximum atomic E-state index is 14.1. The highest BCUT2D eigenvalue weighted by Crippen LogP contribution is 2.60. The predicted molar refractivity (Wildman–Crippen MR) is 90.8 cm³/mol. The third kappa shape index (κ3) is 4.63. The van der Waals surface area contributed by atoms with E-state index in [1.54, 1.807) is 0 Å². The van der Waals surface area contributed by atoms with E-state index < -0.39 is 87.7 Å². The van der Waals surface area contributed by atoms with Gasteiger partial charge in [0.25, 0.3) is 0 Å². The van der Waals surface area contributed by atoms with E-state index in [1.807, 2.05) is 0 Å². The lowest BCUT2D eigenvalue weighted by Gasteiger charge is -2.12. The lowest BCUT2D eigenvalue weighted by molar-refractivity contribution is -0.147. The van der Waals surface area contributed by atoms with Gasteiger partial charge in [-0.3, -0.25) is 4.79 Å². The van der Waals surface area contributed by atoms with Crippen molar-refractivity contribution in [2.75, 3.05) is 0 Å². The molecule has 2 rings (SSSR count). The molecule has 166 valence electrons. The van der Waals surface area contributed by atoms with Crippen molar-refractivity contribution in [2.24, 2.45) is 17.3 Å². The monoisotopic (exact) mass is 462 g/mol. The highest BCUT2D eigenvalue weighted by atomic mass is 35.5. The number of hydrogen-bond acceptors (Lipinski definition) is 2. The highest BCUT2D eigenvalue weighted by molar-refractivity contribution is 6.30. The number of halogens is 9. The minimum absolute atomic E-state index is 0.632. The summed E-state index contributed by atoms with van der Waals surface area (Å²) in [6.07, 6.45) is -5.29. The summed E-state index contributed by atoms with van der Waals surface area (Å²) in [5.74, 6) is -12.0. The Morgan fingerprint density at radius 3 is 2.00 bits per heavy atom. The zero-order valence-corrected chi connectivity index (χ0v) is 16.3. The van der Waals surface area contributed by atoms with Crippen LogP contribution in [0.5, 0.6) is 0 Å². The molecule has 1 aromatic carbocycles. The number of hydrogen-bond donors (Lipinski definition) is 0. The summed E-state index contributed by atoms with van der Waals surface area (Å²) >= 11 is 5.16. The van der Waals surface area contributed by atoms with E-state index in [-0.39, 0.29) is 0 Å². The second-order valence-corrected chi connectivity index (χ2v) is 7.76. The molecule has 0 heterocycles. The number of alkyl halides is 3. The van der Waals surface area contributed by atoms with Gasteiger partial charge in [-0.15, -0.1) is 0 Å². The van der Waals surface area contributed by atoms with Gasteiger partial charge in [0.2, 0.25) is 0 Å². The Morgan fingerprint density at radius 2 is 1.57 bits per heavy atom. The summed E-state index contributed by atoms with van der Waals surface area (Å²) in [6, 6.07) is 0. The Labute approximate surface area is 171 Å². The molecule has 0 aromatic heterocycles. The quantitative estimate of drug-likeness (QED) is 0.283. The number of esters is 1. The summed E-state index contributed by atoms with van der Waals surface area (Å²) in [5, 5.41) is -1.44. The van der Waals surface area contributed by atoms with E-state index in [0.29, 0.717) is 6.08 Å². The number of benzene rings is 1. The van der Waals surface area contributed by atoms with Gasteiger partial charge < -0.3 is 4.74 Å². The second kappa shape index (κ2) is 8.20. The second-order valence-electron chi connectivity index (χ2n) is 7.35. The molecule has 30 heavy (non-hydrogen) atoms. The van der Waals surface area contributed by atoms with Gasteiger partial charge in [0.1, 0.15) is 11.6 Å². The first kappa shape index (κ1) is 24.2. The molecule has 0 aliphatic heterocycles. The standard InChI is InChI=1S/C19H15ClF8O2/c1-7(21)4-8-13(22)15(24)9(16(25)14(8)23)6-30-17(29)12-10(18(12,2)3)5-11(20)19(26,27)28/h5,10,12H,1,4,6H2,2-3H3/t10-,12-/m0/s1. The van der Waals surface area contributed by atoms with E-state index >= 15 is 0 Å². The van der Waals surface area contributed by atoms with Crippen LogP contribution in [0.15, 0.2) is 23.5 Å². The van der Waals surface area contributed by atoms with Crippen molar-refractivity contribution in [3.8, 4) is 0 Å². The first-order valence-corrected chi connectivity index (χ1v) is 8.76. The van der Waals surface area contributed by atoms with Crippen LogP contribution < -0.4 is 0 Å². The topological polar surface area (TPSA) is 26.3 Å². The van der Waals surface area contributed by atoms with Gasteiger partial charge >= 0.3 is 12.1 Å². The fraction of sp³-hybridized carbons (Fsp3) is 0.421. The molecule has 0 saturated heterocycles. The van der Waals surface area contributed by atoms with Crippen molar-refractivity contribution >= 4 is 17.6 Å². The normalized spacial score (nSPS) is 20.8. The molecular weight excluding hydrogens is 448 g/mol. The molecule has 0 bridgehead atoms. The Morgan fingerprint density at radius 1 is 1.10 bits per heavy atom. The van der Waals surface area contributed by atoms with Crippen LogP contribution in [0.1, 0.15) is 25.0 Å². The minimum Gasteiger partial charge on any atom is -0.460 e. The van der Waals surface area contributed by atoms with Crippen LogP contribution in [-0.4, -0.2) is 12.1 Å². The third-order valence-corrected chi connectivity index (χ3v) is 5.27. The van der Waals surface area contributed by atoms with Gasteiger partial charge in [-0.05, 0) is 11.3 Å². The highest BCUT2D eigenvalue weighted by Gasteiger charge is 2.62. The Kier molecular flexibility index (Phi) is 6.61. The Bertz CT molecular complexity index is 891. The van der Waals surface area contributed by atoms with Crippen LogP contribution >= 0.6 is 11.6 Å². The average molecular weight is 463 g/mol. The maximum absolute atomic E-state index is 14.1. The van der Waals surface area contributed by atoms with Crippen molar-refractivity contribution in [3.63, 3.8) is 0 Å². The zero-order chi connectivity index (χ0) is 23.2. The van der Waals surface area contributed by atoms with Crippen molar-refractivity contribution in [3.05, 3.63) is 57.9 Å². The molecule has 0 N–H and O–H groups in total. The van der Waals surface area contributed by atoms with Crippen LogP contribution in [0.25, 0.3) is 0 Å². The SMILES string of the molecule is C=C(F)Cc1c(F)c(F)c(COC(=O)[C@@H]2[C@H](C=C(Cl)C(F)(F)F)C2(C)C)c(F)c1F. The fourth-order valence-electron chi connectivity index (χ4n) is 3.12. The van der Waals surface area contributed by atoms with Gasteiger partial charge in [0.15, 0.2) is 23.3 Å². The van der Waals surface area contributed by atoms with Gasteiger partial charge in [0, 0.05) is 12.0 Å². The number of carbonyl (C=O) groups is 1. The molecule has 1 aromatic rings. The van der Waals surface area contributed by atoms with Crippen LogP contribution in [0.2, 0.25) is 0 Å². The lowest BCUT2D eigenvalue weighted by Crippen LogP contribution is -2.15. The smallest absolute Gasteiger partial charge is 0.426 e. The molecule has 0 unspecified atom stereocenters. The van der Waals surface area contributed by atoms with E-state index in [9.17, 15) is 39.9 Å². The van der Waals surface area contributed by atoms with Crippen LogP contribution in [0.3, 0.4) is 0 Å². The van der Waals surface area contributed by atoms with Crippen LogP contribution in [0, 0.1) is 40.5 Å². The van der Waals surface area contributed by atoms with Crippen molar-refractivity contribution < 1.29 is 44.7 Å². The minimum atomic E-state index is -4.82. The molecular formula is C19H15ClF8O2. The number of rotatable bonds is 6. The zero-order valence-electron chi connectivity index (χ0n) is 15.6. The van der Waals surface area contributed by atoms with Crippen LogP contribution in [-0.2, 0) is 22.6 Å². The molecule has 1 fully saturated rings. The summed E-state index contributed by atoms with van der Waals surface area (Å²) in [6.45, 7) is 4.42. The molecule has 1 aliphatic rings. The van der Waals surface area contributed by atoms with E-state index in [1.165, 1.54) is 13.8 Å². The third-order valence-electron chi connectivity index (χ3n) is 4.93. The maximum Gasteiger partial charge on any atom is 0.426 e. The largest absolute Gasteiger partial charge is 0.460 e. The number of ether oxygens (including phenoxy) is 1. The molecule has 1 saturated carbocycles. The summed E-state index contributed by atoms with van der Waals surface area (Å²) < 4.78 is 111. The van der Waals surface area contributed by atoms with Crippen LogP contribution in [0.4, 0.5) is 35.1 Å². The summed E-state index contributed by atoms with van der Waals surface area (Å²) in [4.78, 5) is 12.2. The molecule has 0 radical (unpaired) electrons. The van der Waals surface area contributed by atoms with Crippen molar-refractivity contribution in [1.29, 1.82) is 0 Å². The van der Waals surface area contributed by atoms with E-state index in [4.69, 9.17) is 11.6 Å². The van der Waals surface area contributed by atoms with Gasteiger partial charge in [0.05, 0.1) is 17.3 Å². The van der Waals surface area contributed by atoms with E-state index in [0.717, 1.165) is 0 Å². The van der Waals surface area contributed by atoms with E-state index in [2.05, 4.69) is 11.3 Å². The summed E-state index contributed by atoms with van der Waals surface area (Å²) in [7, 11) is 0. The first-order chi connectivity index (χ1) is 13.6. The lowest BCUT2D eigenvalue weighted by atomic mass is 10.1. The molecule has 0 spiro atoms. The van der Waals surface area contributed by atoms with Gasteiger partial charge in [-0.2, -0.15) is 13.2 Å². The number of allylic oxidation sites excluding steroid dienone is 3. The fourth-order valence-corrected chi connectivity index (χ4v) is 3.26. The average Bonchev–Trinajstić information content (AvgIpc) is 3.16. The van der Waals surface area contributed by atoms with Crippen molar-refractivity contribution in [2.45, 2.75) is 33.1 Å². The Balaban J connectivity index is 2.20. The van der Waals surface area contributed by atoms with Gasteiger partial charge in [-0.1, -0.05) is 38.1 Å². The first-order valence-electron chi connectivity index (χ1n) is 8.38. The van der Waals surface area contributed by atoms with Crippen molar-refractivity contribution in [1.82, 2.24) is 0 Å². The Hall–Kier alpha value is -2.10. The summed E-state index contributed by atoms with van der Waals surface area (Å²) in [5.41, 5.74) is -3.48. The molecule has 1 aliphatic carbocycles. The van der Waals surface area contributed by atoms with Gasteiger partial charge in [-0.25, -0.2) is 22.0 Å². The number of carbonyl (C=O) groups excluding carboxylic acids is 1. The molecule has 0 amide bonds.